The minimum absolute atomic E-state index is 0.342. The second-order valence-corrected chi connectivity index (χ2v) is 6.27. The lowest BCUT2D eigenvalue weighted by Gasteiger charge is -2.17. The van der Waals surface area contributed by atoms with Gasteiger partial charge in [0.25, 0.3) is 0 Å². The van der Waals surface area contributed by atoms with E-state index in [0.29, 0.717) is 6.04 Å². The molecule has 0 aromatic carbocycles. The predicted octanol–water partition coefficient (Wildman–Crippen LogP) is 3.45. The minimum Gasteiger partial charge on any atom is -0.310 e. The maximum absolute atomic E-state index is 4.34. The summed E-state index contributed by atoms with van der Waals surface area (Å²) >= 11 is 5.31. The molecule has 0 bridgehead atoms. The van der Waals surface area contributed by atoms with E-state index in [1.54, 1.807) is 11.3 Å². The Morgan fingerprint density at radius 1 is 1.56 bits per heavy atom. The zero-order valence-corrected chi connectivity index (χ0v) is 13.3. The lowest BCUT2D eigenvalue weighted by molar-refractivity contribution is 0.549. The third kappa shape index (κ3) is 3.02. The number of rotatable bonds is 5. The van der Waals surface area contributed by atoms with Crippen molar-refractivity contribution in [3.8, 4) is 0 Å². The molecular weight excluding hydrogens is 310 g/mol. The van der Waals surface area contributed by atoms with Crippen molar-refractivity contribution in [3.05, 3.63) is 38.3 Å². The van der Waals surface area contributed by atoms with E-state index in [-0.39, 0.29) is 0 Å². The Hall–Kier alpha value is -0.650. The van der Waals surface area contributed by atoms with Gasteiger partial charge in [-0.1, -0.05) is 6.92 Å². The van der Waals surface area contributed by atoms with Gasteiger partial charge in [-0.05, 0) is 35.5 Å². The van der Waals surface area contributed by atoms with Gasteiger partial charge in [0.15, 0.2) is 0 Å². The summed E-state index contributed by atoms with van der Waals surface area (Å²) in [5, 5.41) is 10.0. The van der Waals surface area contributed by atoms with Gasteiger partial charge in [0.2, 0.25) is 0 Å². The number of thiophene rings is 1. The highest BCUT2D eigenvalue weighted by Crippen LogP contribution is 2.26. The first-order valence-corrected chi connectivity index (χ1v) is 7.73. The van der Waals surface area contributed by atoms with E-state index >= 15 is 0 Å². The molecule has 2 aromatic rings. The molecule has 2 rings (SSSR count). The second kappa shape index (κ2) is 5.99. The molecule has 0 aliphatic carbocycles. The van der Waals surface area contributed by atoms with Crippen LogP contribution >= 0.6 is 27.3 Å². The zero-order chi connectivity index (χ0) is 13.1. The molecule has 0 aliphatic rings. The number of hydrogen-bond acceptors (Lipinski definition) is 3. The summed E-state index contributed by atoms with van der Waals surface area (Å²) in [5.41, 5.74) is 2.53. The molecule has 0 amide bonds. The molecule has 3 nitrogen and oxygen atoms in total. The van der Waals surface area contributed by atoms with Crippen LogP contribution in [0.4, 0.5) is 0 Å². The zero-order valence-electron chi connectivity index (χ0n) is 10.9. The molecule has 98 valence electrons. The molecule has 1 atom stereocenters. The molecule has 5 heteroatoms. The van der Waals surface area contributed by atoms with Crippen LogP contribution in [0.3, 0.4) is 0 Å². The Balaban J connectivity index is 2.20. The molecule has 0 saturated heterocycles. The number of aromatic nitrogens is 2. The highest BCUT2D eigenvalue weighted by molar-refractivity contribution is 9.10. The Morgan fingerprint density at radius 2 is 2.33 bits per heavy atom. The summed E-state index contributed by atoms with van der Waals surface area (Å²) in [6.07, 6.45) is 2.99. The first-order valence-electron chi connectivity index (χ1n) is 6.06. The average Bonchev–Trinajstić information content (AvgIpc) is 2.87. The molecular formula is C13H18BrN3S. The Bertz CT molecular complexity index is 518. The van der Waals surface area contributed by atoms with Crippen molar-refractivity contribution in [2.45, 2.75) is 26.3 Å². The van der Waals surface area contributed by atoms with Crippen molar-refractivity contribution < 1.29 is 0 Å². The SMILES string of the molecule is CCNC(Cc1cc(Br)cs1)c1cnn(C)c1C. The van der Waals surface area contributed by atoms with Crippen molar-refractivity contribution in [2.75, 3.05) is 6.54 Å². The molecule has 2 heterocycles. The van der Waals surface area contributed by atoms with Crippen LogP contribution in [-0.4, -0.2) is 16.3 Å². The fourth-order valence-corrected chi connectivity index (χ4v) is 3.56. The normalized spacial score (nSPS) is 12.9. The number of nitrogens with one attached hydrogen (secondary N) is 1. The minimum atomic E-state index is 0.342. The third-order valence-electron chi connectivity index (χ3n) is 3.13. The van der Waals surface area contributed by atoms with Gasteiger partial charge < -0.3 is 5.32 Å². The predicted molar refractivity (Wildman–Crippen MR) is 80.1 cm³/mol. The number of nitrogens with zero attached hydrogens (tertiary/aromatic N) is 2. The Kier molecular flexibility index (Phi) is 4.59. The Labute approximate surface area is 120 Å². The van der Waals surface area contributed by atoms with Gasteiger partial charge in [0, 0.05) is 45.5 Å². The van der Waals surface area contributed by atoms with E-state index in [0.717, 1.165) is 13.0 Å². The van der Waals surface area contributed by atoms with E-state index in [4.69, 9.17) is 0 Å². The summed E-state index contributed by atoms with van der Waals surface area (Å²) in [5.74, 6) is 0. The molecule has 0 fully saturated rings. The van der Waals surface area contributed by atoms with Crippen LogP contribution in [-0.2, 0) is 13.5 Å². The van der Waals surface area contributed by atoms with Gasteiger partial charge in [0.1, 0.15) is 0 Å². The van der Waals surface area contributed by atoms with E-state index in [1.807, 2.05) is 17.9 Å². The molecule has 0 aliphatic heterocycles. The second-order valence-electron chi connectivity index (χ2n) is 4.35. The number of hydrogen-bond donors (Lipinski definition) is 1. The fourth-order valence-electron chi connectivity index (χ4n) is 2.06. The van der Waals surface area contributed by atoms with Crippen molar-refractivity contribution in [2.24, 2.45) is 7.05 Å². The summed E-state index contributed by atoms with van der Waals surface area (Å²) < 4.78 is 3.10. The fraction of sp³-hybridized carbons (Fsp3) is 0.462. The van der Waals surface area contributed by atoms with Crippen LogP contribution in [0, 0.1) is 6.92 Å². The maximum Gasteiger partial charge on any atom is 0.0540 e. The molecule has 18 heavy (non-hydrogen) atoms. The topological polar surface area (TPSA) is 29.9 Å². The smallest absolute Gasteiger partial charge is 0.0540 e. The summed E-state index contributed by atoms with van der Waals surface area (Å²) in [4.78, 5) is 1.39. The monoisotopic (exact) mass is 327 g/mol. The maximum atomic E-state index is 4.34. The number of likely N-dealkylation sites (N-methyl/N-ethyl adjacent to an activating group) is 1. The van der Waals surface area contributed by atoms with Crippen molar-refractivity contribution in [1.82, 2.24) is 15.1 Å². The van der Waals surface area contributed by atoms with Gasteiger partial charge in [-0.2, -0.15) is 5.10 Å². The van der Waals surface area contributed by atoms with Gasteiger partial charge in [0.05, 0.1) is 6.20 Å². The quantitative estimate of drug-likeness (QED) is 0.911. The van der Waals surface area contributed by atoms with Crippen LogP contribution < -0.4 is 5.32 Å². The Morgan fingerprint density at radius 3 is 2.83 bits per heavy atom. The van der Waals surface area contributed by atoms with Crippen LogP contribution in [0.2, 0.25) is 0 Å². The van der Waals surface area contributed by atoms with E-state index in [1.165, 1.54) is 20.6 Å². The van der Waals surface area contributed by atoms with E-state index in [9.17, 15) is 0 Å². The molecule has 2 aromatic heterocycles. The molecule has 0 saturated carbocycles. The number of aryl methyl sites for hydroxylation is 1. The lowest BCUT2D eigenvalue weighted by atomic mass is 10.0. The van der Waals surface area contributed by atoms with Crippen molar-refractivity contribution in [3.63, 3.8) is 0 Å². The van der Waals surface area contributed by atoms with Gasteiger partial charge >= 0.3 is 0 Å². The summed E-state index contributed by atoms with van der Waals surface area (Å²) in [7, 11) is 1.99. The summed E-state index contributed by atoms with van der Waals surface area (Å²) in [6, 6.07) is 2.54. The van der Waals surface area contributed by atoms with Crippen LogP contribution in [0.15, 0.2) is 22.1 Å². The van der Waals surface area contributed by atoms with Gasteiger partial charge in [-0.25, -0.2) is 0 Å². The molecule has 0 radical (unpaired) electrons. The van der Waals surface area contributed by atoms with Crippen LogP contribution in [0.1, 0.15) is 29.1 Å². The first kappa shape index (κ1) is 13.8. The van der Waals surface area contributed by atoms with E-state index < -0.39 is 0 Å². The third-order valence-corrected chi connectivity index (χ3v) is 4.85. The van der Waals surface area contributed by atoms with Crippen molar-refractivity contribution in [1.29, 1.82) is 0 Å². The van der Waals surface area contributed by atoms with Gasteiger partial charge in [-0.3, -0.25) is 4.68 Å². The van der Waals surface area contributed by atoms with Crippen molar-refractivity contribution >= 4 is 27.3 Å². The first-order chi connectivity index (χ1) is 8.61. The van der Waals surface area contributed by atoms with E-state index in [2.05, 4.69) is 51.6 Å². The van der Waals surface area contributed by atoms with Crippen LogP contribution in [0.5, 0.6) is 0 Å². The highest BCUT2D eigenvalue weighted by atomic mass is 79.9. The molecule has 1 unspecified atom stereocenters. The number of halogens is 1. The van der Waals surface area contributed by atoms with Crippen LogP contribution in [0.25, 0.3) is 0 Å². The molecule has 1 N–H and O–H groups in total. The highest BCUT2D eigenvalue weighted by Gasteiger charge is 2.17. The largest absolute Gasteiger partial charge is 0.310 e. The average molecular weight is 328 g/mol. The molecule has 0 spiro atoms. The lowest BCUT2D eigenvalue weighted by Crippen LogP contribution is -2.23. The van der Waals surface area contributed by atoms with Gasteiger partial charge in [-0.15, -0.1) is 11.3 Å². The summed E-state index contributed by atoms with van der Waals surface area (Å²) in [6.45, 7) is 5.23. The standard InChI is InChI=1S/C13H18BrN3S/c1-4-15-13(6-11-5-10(14)8-18-11)12-7-16-17(3)9(12)2/h5,7-8,13,15H,4,6H2,1-3H3.